The molecular formula is C16H18N2O4S. The second kappa shape index (κ2) is 6.70. The quantitative estimate of drug-likeness (QED) is 0.649. The maximum Gasteiger partial charge on any atom is 0.276 e. The number of phenols is 1. The number of ether oxygens (including phenoxy) is 1. The number of nitrogens with one attached hydrogen (secondary N) is 1. The number of sulfonamides is 1. The van der Waals surface area contributed by atoms with Crippen LogP contribution in [0.2, 0.25) is 0 Å². The van der Waals surface area contributed by atoms with Crippen LogP contribution in [0.25, 0.3) is 0 Å². The monoisotopic (exact) mass is 334 g/mol. The number of aromatic hydroxyl groups is 1. The highest BCUT2D eigenvalue weighted by Gasteiger charge is 2.15. The van der Waals surface area contributed by atoms with Gasteiger partial charge in [0.05, 0.1) is 18.2 Å². The van der Waals surface area contributed by atoms with E-state index in [0.717, 1.165) is 5.56 Å². The first kappa shape index (κ1) is 16.8. The van der Waals surface area contributed by atoms with Gasteiger partial charge < -0.3 is 9.84 Å². The molecule has 6 nitrogen and oxygen atoms in total. The van der Waals surface area contributed by atoms with Crippen LogP contribution in [0, 0.1) is 13.8 Å². The standard InChI is InChI=1S/C16H18N2O4S/c1-11-4-7-16(12(2)8-11)23(20,21)18-17-10-13-5-6-15(22-3)14(19)9-13/h4-10,18-19H,1-3H3. The van der Waals surface area contributed by atoms with E-state index in [1.165, 1.54) is 19.4 Å². The molecule has 0 aliphatic carbocycles. The van der Waals surface area contributed by atoms with Gasteiger partial charge in [-0.1, -0.05) is 17.7 Å². The summed E-state index contributed by atoms with van der Waals surface area (Å²) in [5.74, 6) is 0.284. The number of hydrazone groups is 1. The van der Waals surface area contributed by atoms with Crippen molar-refractivity contribution in [3.63, 3.8) is 0 Å². The molecule has 2 aromatic carbocycles. The summed E-state index contributed by atoms with van der Waals surface area (Å²) in [6.07, 6.45) is 1.31. The number of methoxy groups -OCH3 is 1. The molecule has 0 spiro atoms. The van der Waals surface area contributed by atoms with Crippen LogP contribution in [-0.4, -0.2) is 26.8 Å². The molecule has 2 N–H and O–H groups in total. The SMILES string of the molecule is COc1ccc(C=NNS(=O)(=O)c2ccc(C)cc2C)cc1O. The van der Waals surface area contributed by atoms with Crippen LogP contribution in [0.15, 0.2) is 46.4 Å². The van der Waals surface area contributed by atoms with Gasteiger partial charge in [-0.2, -0.15) is 13.5 Å². The van der Waals surface area contributed by atoms with E-state index >= 15 is 0 Å². The largest absolute Gasteiger partial charge is 0.504 e. The Balaban J connectivity index is 2.17. The molecule has 0 aliphatic rings. The van der Waals surface area contributed by atoms with Crippen molar-refractivity contribution in [2.24, 2.45) is 5.10 Å². The van der Waals surface area contributed by atoms with Crippen LogP contribution in [0.1, 0.15) is 16.7 Å². The van der Waals surface area contributed by atoms with Crippen LogP contribution in [0.5, 0.6) is 11.5 Å². The lowest BCUT2D eigenvalue weighted by molar-refractivity contribution is 0.373. The van der Waals surface area contributed by atoms with Crippen molar-refractivity contribution < 1.29 is 18.3 Å². The Kier molecular flexibility index (Phi) is 4.90. The van der Waals surface area contributed by atoms with Crippen molar-refractivity contribution in [3.05, 3.63) is 53.1 Å². The fourth-order valence-electron chi connectivity index (χ4n) is 2.11. The molecule has 0 unspecified atom stereocenters. The second-order valence-electron chi connectivity index (χ2n) is 5.05. The van der Waals surface area contributed by atoms with Gasteiger partial charge in [0.1, 0.15) is 0 Å². The first-order valence-electron chi connectivity index (χ1n) is 6.82. The lowest BCUT2D eigenvalue weighted by Gasteiger charge is -2.07. The van der Waals surface area contributed by atoms with Crippen LogP contribution < -0.4 is 9.57 Å². The molecule has 7 heteroatoms. The van der Waals surface area contributed by atoms with Gasteiger partial charge in [0, 0.05) is 0 Å². The third kappa shape index (κ3) is 4.01. The fourth-order valence-corrected chi connectivity index (χ4v) is 3.13. The van der Waals surface area contributed by atoms with E-state index in [2.05, 4.69) is 9.93 Å². The van der Waals surface area contributed by atoms with Crippen molar-refractivity contribution in [1.82, 2.24) is 4.83 Å². The van der Waals surface area contributed by atoms with Gasteiger partial charge >= 0.3 is 0 Å². The zero-order valence-corrected chi connectivity index (χ0v) is 13.9. The van der Waals surface area contributed by atoms with E-state index in [4.69, 9.17) is 4.74 Å². The minimum atomic E-state index is -3.74. The number of hydrogen-bond donors (Lipinski definition) is 2. The average Bonchev–Trinajstić information content (AvgIpc) is 2.46. The lowest BCUT2D eigenvalue weighted by atomic mass is 10.2. The summed E-state index contributed by atoms with van der Waals surface area (Å²) in [6.45, 7) is 3.62. The van der Waals surface area contributed by atoms with Crippen molar-refractivity contribution >= 4 is 16.2 Å². The van der Waals surface area contributed by atoms with E-state index < -0.39 is 10.0 Å². The molecule has 0 aromatic heterocycles. The van der Waals surface area contributed by atoms with Crippen molar-refractivity contribution in [3.8, 4) is 11.5 Å². The molecular weight excluding hydrogens is 316 g/mol. The zero-order chi connectivity index (χ0) is 17.0. The minimum Gasteiger partial charge on any atom is -0.504 e. The minimum absolute atomic E-state index is 0.0475. The molecule has 0 fully saturated rings. The summed E-state index contributed by atoms with van der Waals surface area (Å²) in [5.41, 5.74) is 2.17. The predicted molar refractivity (Wildman–Crippen MR) is 88.5 cm³/mol. The molecule has 0 amide bonds. The highest BCUT2D eigenvalue weighted by molar-refractivity contribution is 7.89. The molecule has 122 valence electrons. The third-order valence-electron chi connectivity index (χ3n) is 3.21. The summed E-state index contributed by atoms with van der Waals surface area (Å²) in [4.78, 5) is 2.34. The molecule has 0 saturated heterocycles. The van der Waals surface area contributed by atoms with Gasteiger partial charge in [-0.05, 0) is 49.2 Å². The van der Waals surface area contributed by atoms with Crippen LogP contribution >= 0.6 is 0 Å². The zero-order valence-electron chi connectivity index (χ0n) is 13.1. The Morgan fingerprint density at radius 2 is 1.91 bits per heavy atom. The molecule has 0 saturated carbocycles. The first-order chi connectivity index (χ1) is 10.8. The molecule has 0 radical (unpaired) electrons. The molecule has 2 aromatic rings. The summed E-state index contributed by atoms with van der Waals surface area (Å²) in [7, 11) is -2.29. The molecule has 0 heterocycles. The lowest BCUT2D eigenvalue weighted by Crippen LogP contribution is -2.19. The molecule has 0 atom stereocenters. The van der Waals surface area contributed by atoms with Gasteiger partial charge in [-0.15, -0.1) is 0 Å². The molecule has 23 heavy (non-hydrogen) atoms. The first-order valence-corrected chi connectivity index (χ1v) is 8.31. The smallest absolute Gasteiger partial charge is 0.276 e. The summed E-state index contributed by atoms with van der Waals surface area (Å²) in [5, 5.41) is 13.4. The number of nitrogens with zero attached hydrogens (tertiary/aromatic N) is 1. The van der Waals surface area contributed by atoms with Crippen molar-refractivity contribution in [2.45, 2.75) is 18.7 Å². The Labute approximate surface area is 135 Å². The summed E-state index contributed by atoms with van der Waals surface area (Å²) in [6, 6.07) is 9.70. The summed E-state index contributed by atoms with van der Waals surface area (Å²) < 4.78 is 29.4. The topological polar surface area (TPSA) is 88.0 Å². The highest BCUT2D eigenvalue weighted by Crippen LogP contribution is 2.25. The Bertz CT molecular complexity index is 845. The number of phenolic OH excluding ortho intramolecular Hbond substituents is 1. The normalized spacial score (nSPS) is 11.6. The fraction of sp³-hybridized carbons (Fsp3) is 0.188. The number of aryl methyl sites for hydroxylation is 2. The van der Waals surface area contributed by atoms with Crippen LogP contribution in [0.3, 0.4) is 0 Å². The third-order valence-corrected chi connectivity index (χ3v) is 4.59. The maximum absolute atomic E-state index is 12.2. The number of benzene rings is 2. The summed E-state index contributed by atoms with van der Waals surface area (Å²) >= 11 is 0. The Morgan fingerprint density at radius 1 is 1.17 bits per heavy atom. The Hall–Kier alpha value is -2.54. The van der Waals surface area contributed by atoms with E-state index in [0.29, 0.717) is 16.9 Å². The van der Waals surface area contributed by atoms with Crippen LogP contribution in [0.4, 0.5) is 0 Å². The predicted octanol–water partition coefficient (Wildman–Crippen LogP) is 2.33. The van der Waals surface area contributed by atoms with Gasteiger partial charge in [-0.25, -0.2) is 4.83 Å². The molecule has 0 bridgehead atoms. The highest BCUT2D eigenvalue weighted by atomic mass is 32.2. The molecule has 0 aliphatic heterocycles. The van der Waals surface area contributed by atoms with Gasteiger partial charge in [0.25, 0.3) is 10.0 Å². The van der Waals surface area contributed by atoms with E-state index in [1.54, 1.807) is 37.3 Å². The van der Waals surface area contributed by atoms with Gasteiger partial charge in [0.2, 0.25) is 0 Å². The van der Waals surface area contributed by atoms with Gasteiger partial charge in [-0.3, -0.25) is 0 Å². The number of hydrogen-bond acceptors (Lipinski definition) is 5. The van der Waals surface area contributed by atoms with Crippen molar-refractivity contribution in [2.75, 3.05) is 7.11 Å². The number of rotatable bonds is 5. The maximum atomic E-state index is 12.2. The van der Waals surface area contributed by atoms with E-state index in [-0.39, 0.29) is 10.6 Å². The van der Waals surface area contributed by atoms with E-state index in [1.807, 2.05) is 6.92 Å². The van der Waals surface area contributed by atoms with Crippen molar-refractivity contribution in [1.29, 1.82) is 0 Å². The molecule has 2 rings (SSSR count). The second-order valence-corrected chi connectivity index (χ2v) is 6.68. The van der Waals surface area contributed by atoms with E-state index in [9.17, 15) is 13.5 Å². The van der Waals surface area contributed by atoms with Gasteiger partial charge in [0.15, 0.2) is 11.5 Å². The Morgan fingerprint density at radius 3 is 2.52 bits per heavy atom. The average molecular weight is 334 g/mol. The van der Waals surface area contributed by atoms with Crippen LogP contribution in [-0.2, 0) is 10.0 Å².